The largest absolute Gasteiger partial charge is 0.471 e. The molecule has 0 unspecified atom stereocenters. The van der Waals surface area contributed by atoms with Crippen LogP contribution in [0.3, 0.4) is 0 Å². The summed E-state index contributed by atoms with van der Waals surface area (Å²) < 4.78 is 36.1. The summed E-state index contributed by atoms with van der Waals surface area (Å²) in [5, 5.41) is 0. The normalized spacial score (nSPS) is 12.5. The van der Waals surface area contributed by atoms with Gasteiger partial charge in [-0.2, -0.15) is 13.2 Å². The number of nitrogens with zero attached hydrogens (tertiary/aromatic N) is 1. The van der Waals surface area contributed by atoms with Gasteiger partial charge in [0.25, 0.3) is 0 Å². The molecule has 0 heterocycles. The predicted octanol–water partition coefficient (Wildman–Crippen LogP) is 1.72. The van der Waals surface area contributed by atoms with Gasteiger partial charge in [-0.25, -0.2) is 0 Å². The molecule has 0 bridgehead atoms. The first-order valence-corrected chi connectivity index (χ1v) is 3.90. The molecule has 0 saturated carbocycles. The Labute approximate surface area is 79.9 Å². The molecule has 14 heavy (non-hydrogen) atoms. The van der Waals surface area contributed by atoms with Crippen LogP contribution in [0.5, 0.6) is 0 Å². The van der Waals surface area contributed by atoms with E-state index in [1.807, 2.05) is 0 Å². The van der Waals surface area contributed by atoms with E-state index in [2.05, 4.69) is 0 Å². The average molecular weight is 211 g/mol. The van der Waals surface area contributed by atoms with Crippen molar-refractivity contribution in [2.45, 2.75) is 39.4 Å². The van der Waals surface area contributed by atoms with Gasteiger partial charge in [-0.3, -0.25) is 14.5 Å². The summed E-state index contributed by atoms with van der Waals surface area (Å²) in [6.45, 7) is 5.00. The number of rotatable bonds is 0. The maximum Gasteiger partial charge on any atom is 0.471 e. The van der Waals surface area contributed by atoms with Gasteiger partial charge in [-0.15, -0.1) is 0 Å². The van der Waals surface area contributed by atoms with Gasteiger partial charge < -0.3 is 0 Å². The van der Waals surface area contributed by atoms with E-state index < -0.39 is 23.5 Å². The topological polar surface area (TPSA) is 37.4 Å². The van der Waals surface area contributed by atoms with Crippen LogP contribution in [0.2, 0.25) is 0 Å². The highest BCUT2D eigenvalue weighted by atomic mass is 19.4. The fourth-order valence-electron chi connectivity index (χ4n) is 1.05. The molecule has 0 aromatic heterocycles. The molecule has 0 rings (SSSR count). The Morgan fingerprint density at radius 2 is 1.43 bits per heavy atom. The molecule has 0 spiro atoms. The second-order valence-corrected chi connectivity index (χ2v) is 3.83. The number of hydrogen-bond donors (Lipinski definition) is 0. The third kappa shape index (κ3) is 3.01. The van der Waals surface area contributed by atoms with E-state index in [9.17, 15) is 22.8 Å². The standard InChI is InChI=1S/C8H12F3NO2/c1-5(13)12(7(2,3)4)6(14)8(9,10)11/h1-4H3. The van der Waals surface area contributed by atoms with Crippen molar-refractivity contribution in [3.05, 3.63) is 0 Å². The summed E-state index contributed by atoms with van der Waals surface area (Å²) in [5.41, 5.74) is -1.17. The maximum atomic E-state index is 12.0. The summed E-state index contributed by atoms with van der Waals surface area (Å²) in [5.74, 6) is -3.04. The van der Waals surface area contributed by atoms with E-state index in [-0.39, 0.29) is 4.90 Å². The molecule has 3 nitrogen and oxygen atoms in total. The van der Waals surface area contributed by atoms with E-state index in [1.54, 1.807) is 0 Å². The van der Waals surface area contributed by atoms with Crippen LogP contribution in [-0.2, 0) is 9.59 Å². The highest BCUT2D eigenvalue weighted by Crippen LogP contribution is 2.24. The first-order valence-electron chi connectivity index (χ1n) is 3.90. The Hall–Kier alpha value is -1.07. The van der Waals surface area contributed by atoms with Gasteiger partial charge in [0.1, 0.15) is 0 Å². The fourth-order valence-corrected chi connectivity index (χ4v) is 1.05. The molecule has 0 aliphatic heterocycles. The molecule has 0 aliphatic rings. The summed E-state index contributed by atoms with van der Waals surface area (Å²) in [7, 11) is 0. The number of halogens is 3. The smallest absolute Gasteiger partial charge is 0.275 e. The van der Waals surface area contributed by atoms with E-state index >= 15 is 0 Å². The average Bonchev–Trinajstić information content (AvgIpc) is 1.79. The minimum atomic E-state index is -5.01. The van der Waals surface area contributed by atoms with Crippen LogP contribution in [0.15, 0.2) is 0 Å². The Balaban J connectivity index is 5.07. The Morgan fingerprint density at radius 1 is 1.07 bits per heavy atom. The Morgan fingerprint density at radius 3 is 1.50 bits per heavy atom. The van der Waals surface area contributed by atoms with E-state index in [4.69, 9.17) is 0 Å². The van der Waals surface area contributed by atoms with Crippen molar-refractivity contribution in [2.75, 3.05) is 0 Å². The fraction of sp³-hybridized carbons (Fsp3) is 0.750. The summed E-state index contributed by atoms with van der Waals surface area (Å²) in [6, 6.07) is 0. The molecule has 0 N–H and O–H groups in total. The van der Waals surface area contributed by atoms with Crippen LogP contribution in [0.4, 0.5) is 13.2 Å². The molecule has 0 fully saturated rings. The quantitative estimate of drug-likeness (QED) is 0.611. The van der Waals surface area contributed by atoms with Crippen LogP contribution < -0.4 is 0 Å². The third-order valence-corrected chi connectivity index (χ3v) is 1.43. The van der Waals surface area contributed by atoms with Crippen molar-refractivity contribution >= 4 is 11.8 Å². The highest BCUT2D eigenvalue weighted by Gasteiger charge is 2.47. The molecule has 0 aromatic rings. The SMILES string of the molecule is CC(=O)N(C(=O)C(F)(F)F)C(C)(C)C. The van der Waals surface area contributed by atoms with Crippen molar-refractivity contribution in [1.29, 1.82) is 0 Å². The number of alkyl halides is 3. The first kappa shape index (κ1) is 12.9. The number of amides is 2. The Bertz CT molecular complexity index is 252. The molecule has 0 radical (unpaired) electrons. The van der Waals surface area contributed by atoms with Gasteiger partial charge in [0.2, 0.25) is 5.91 Å². The van der Waals surface area contributed by atoms with E-state index in [0.717, 1.165) is 6.92 Å². The lowest BCUT2D eigenvalue weighted by atomic mass is 10.1. The van der Waals surface area contributed by atoms with Gasteiger partial charge >= 0.3 is 12.1 Å². The van der Waals surface area contributed by atoms with E-state index in [1.165, 1.54) is 20.8 Å². The first-order chi connectivity index (χ1) is 5.98. The maximum absolute atomic E-state index is 12.0. The van der Waals surface area contributed by atoms with Crippen molar-refractivity contribution in [3.63, 3.8) is 0 Å². The van der Waals surface area contributed by atoms with Gasteiger partial charge in [0.15, 0.2) is 0 Å². The summed E-state index contributed by atoms with van der Waals surface area (Å²) in [4.78, 5) is 21.9. The minimum absolute atomic E-state index is 0.201. The predicted molar refractivity (Wildman–Crippen MR) is 43.3 cm³/mol. The third-order valence-electron chi connectivity index (χ3n) is 1.43. The van der Waals surface area contributed by atoms with Crippen LogP contribution >= 0.6 is 0 Å². The summed E-state index contributed by atoms with van der Waals surface area (Å²) >= 11 is 0. The van der Waals surface area contributed by atoms with Gasteiger partial charge in [0.05, 0.1) is 0 Å². The van der Waals surface area contributed by atoms with Gasteiger partial charge in [-0.05, 0) is 20.8 Å². The monoisotopic (exact) mass is 211 g/mol. The lowest BCUT2D eigenvalue weighted by molar-refractivity contribution is -0.192. The second kappa shape index (κ2) is 3.59. The van der Waals surface area contributed by atoms with Crippen LogP contribution in [0.25, 0.3) is 0 Å². The number of imide groups is 1. The van der Waals surface area contributed by atoms with E-state index in [0.29, 0.717) is 0 Å². The van der Waals surface area contributed by atoms with Crippen molar-refractivity contribution < 1.29 is 22.8 Å². The minimum Gasteiger partial charge on any atom is -0.275 e. The lowest BCUT2D eigenvalue weighted by Gasteiger charge is -2.33. The van der Waals surface area contributed by atoms with Crippen LogP contribution in [-0.4, -0.2) is 28.4 Å². The van der Waals surface area contributed by atoms with Crippen LogP contribution in [0.1, 0.15) is 27.7 Å². The van der Waals surface area contributed by atoms with Crippen molar-refractivity contribution in [2.24, 2.45) is 0 Å². The molecule has 0 aliphatic carbocycles. The zero-order chi connectivity index (χ0) is 11.7. The van der Waals surface area contributed by atoms with Gasteiger partial charge in [-0.1, -0.05) is 0 Å². The van der Waals surface area contributed by atoms with Crippen LogP contribution in [0, 0.1) is 0 Å². The molecule has 0 atom stereocenters. The number of carbonyl (C=O) groups is 2. The van der Waals surface area contributed by atoms with Gasteiger partial charge in [0, 0.05) is 12.5 Å². The lowest BCUT2D eigenvalue weighted by Crippen LogP contribution is -2.53. The molecule has 82 valence electrons. The second-order valence-electron chi connectivity index (χ2n) is 3.83. The van der Waals surface area contributed by atoms with Crippen molar-refractivity contribution in [3.8, 4) is 0 Å². The molecule has 0 saturated heterocycles. The Kier molecular flexibility index (Phi) is 3.31. The molecular formula is C8H12F3NO2. The molecular weight excluding hydrogens is 199 g/mol. The molecule has 6 heteroatoms. The summed E-state index contributed by atoms with van der Waals surface area (Å²) in [6.07, 6.45) is -5.01. The number of carbonyl (C=O) groups excluding carboxylic acids is 2. The molecule has 2 amide bonds. The zero-order valence-electron chi connectivity index (χ0n) is 8.40. The highest BCUT2D eigenvalue weighted by molar-refractivity contribution is 5.97. The number of hydrogen-bond acceptors (Lipinski definition) is 2. The molecule has 0 aromatic carbocycles. The van der Waals surface area contributed by atoms with Crippen molar-refractivity contribution in [1.82, 2.24) is 4.90 Å². The zero-order valence-corrected chi connectivity index (χ0v) is 8.40.